The number of carbonyl (C=O) groups excluding carboxylic acids is 2. The molecule has 0 spiro atoms. The third kappa shape index (κ3) is 11.4. The van der Waals surface area contributed by atoms with E-state index in [-0.39, 0.29) is 11.7 Å². The normalized spacial score (nSPS) is 10.7. The predicted molar refractivity (Wildman–Crippen MR) is 149 cm³/mol. The molecule has 2 aromatic rings. The van der Waals surface area contributed by atoms with Crippen LogP contribution in [-0.2, 0) is 16.0 Å². The molecule has 0 saturated heterocycles. The Morgan fingerprint density at radius 1 is 0.861 bits per heavy atom. The van der Waals surface area contributed by atoms with Crippen molar-refractivity contribution < 1.29 is 14.7 Å². The van der Waals surface area contributed by atoms with Crippen LogP contribution in [0.15, 0.2) is 55.1 Å². The molecule has 0 aromatic heterocycles. The van der Waals surface area contributed by atoms with Crippen molar-refractivity contribution in [2.75, 3.05) is 14.2 Å². The first-order valence-corrected chi connectivity index (χ1v) is 12.8. The quantitative estimate of drug-likeness (QED) is 0.204. The van der Waals surface area contributed by atoms with E-state index in [1.54, 1.807) is 0 Å². The fraction of sp³-hybridized carbons (Fsp3) is 0.419. The first-order chi connectivity index (χ1) is 17.4. The summed E-state index contributed by atoms with van der Waals surface area (Å²) in [5.41, 5.74) is 4.57. The van der Waals surface area contributed by atoms with Gasteiger partial charge in [-0.05, 0) is 55.2 Å². The van der Waals surface area contributed by atoms with Crippen molar-refractivity contribution >= 4 is 17.4 Å². The molecule has 0 bridgehead atoms. The minimum atomic E-state index is -0.953. The van der Waals surface area contributed by atoms with Crippen LogP contribution in [0.5, 0.6) is 0 Å². The van der Waals surface area contributed by atoms with Gasteiger partial charge in [-0.25, -0.2) is 0 Å². The summed E-state index contributed by atoms with van der Waals surface area (Å²) in [6.45, 7) is 7.59. The zero-order valence-electron chi connectivity index (χ0n) is 22.3. The van der Waals surface area contributed by atoms with E-state index in [0.717, 1.165) is 30.2 Å². The molecule has 0 radical (unpaired) electrons. The monoisotopic (exact) mass is 490 g/mol. The van der Waals surface area contributed by atoms with Gasteiger partial charge in [0, 0.05) is 31.0 Å². The van der Waals surface area contributed by atoms with Gasteiger partial charge in [0.05, 0.1) is 0 Å². The van der Waals surface area contributed by atoms with Crippen LogP contribution in [-0.4, -0.2) is 37.0 Å². The molecule has 0 fully saturated rings. The number of aryl methyl sites for hydroxylation is 1. The van der Waals surface area contributed by atoms with E-state index in [9.17, 15) is 9.59 Å². The highest BCUT2D eigenvalue weighted by atomic mass is 16.2. The van der Waals surface area contributed by atoms with Gasteiger partial charge in [-0.2, -0.15) is 0 Å². The summed E-state index contributed by atoms with van der Waals surface area (Å²) < 4.78 is 0. The lowest BCUT2D eigenvalue weighted by molar-refractivity contribution is -0.129. The second-order valence-electron chi connectivity index (χ2n) is 8.68. The minimum Gasteiger partial charge on any atom is -0.400 e. The van der Waals surface area contributed by atoms with Crippen molar-refractivity contribution in [3.8, 4) is 11.8 Å². The number of Topliss-reactive ketones (excluding diaryl/α,β-unsaturated/α-hetero) is 1. The summed E-state index contributed by atoms with van der Waals surface area (Å²) in [6.07, 6.45) is 10.4. The van der Waals surface area contributed by atoms with E-state index < -0.39 is 6.04 Å². The predicted octanol–water partition coefficient (Wildman–Crippen LogP) is 5.25. The molecular formula is C31H42N2O3. The third-order valence-corrected chi connectivity index (χ3v) is 5.84. The number of amides is 1. The summed E-state index contributed by atoms with van der Waals surface area (Å²) in [7, 11) is 2.50. The molecule has 0 saturated carbocycles. The number of carbonyl (C=O) groups is 2. The molecule has 0 aliphatic rings. The lowest BCUT2D eigenvalue weighted by atomic mass is 10.0. The summed E-state index contributed by atoms with van der Waals surface area (Å²) in [5.74, 6) is 5.76. The van der Waals surface area contributed by atoms with E-state index in [1.807, 2.05) is 24.3 Å². The number of aliphatic hydroxyl groups is 1. The summed E-state index contributed by atoms with van der Waals surface area (Å²) in [5, 5.41) is 12.4. The molecule has 2 rings (SSSR count). The van der Waals surface area contributed by atoms with Gasteiger partial charge in [0.25, 0.3) is 0 Å². The molecule has 1 atom stereocenters. The summed E-state index contributed by atoms with van der Waals surface area (Å²) in [6, 6.07) is 15.2. The number of aliphatic hydroxyl groups excluding tert-OH is 1. The Balaban J connectivity index is 0.00000316. The highest BCUT2D eigenvalue weighted by Crippen LogP contribution is 2.13. The Kier molecular flexibility index (Phi) is 15.3. The highest BCUT2D eigenvalue weighted by Gasteiger charge is 2.22. The molecule has 36 heavy (non-hydrogen) atoms. The Hall–Kier alpha value is -3.36. The first kappa shape index (κ1) is 30.7. The van der Waals surface area contributed by atoms with Crippen LogP contribution in [0.2, 0.25) is 0 Å². The lowest BCUT2D eigenvalue weighted by Gasteiger charge is -2.17. The zero-order chi connectivity index (χ0) is 26.8. The Morgan fingerprint density at radius 3 is 1.86 bits per heavy atom. The maximum atomic E-state index is 11.9. The maximum Gasteiger partial charge on any atom is 0.249 e. The second kappa shape index (κ2) is 18.0. The molecule has 194 valence electrons. The van der Waals surface area contributed by atoms with Gasteiger partial charge in [0.2, 0.25) is 5.91 Å². The Morgan fingerprint density at radius 2 is 1.36 bits per heavy atom. The van der Waals surface area contributed by atoms with E-state index in [0.29, 0.717) is 5.70 Å². The van der Waals surface area contributed by atoms with Crippen LogP contribution in [0.25, 0.3) is 5.70 Å². The summed E-state index contributed by atoms with van der Waals surface area (Å²) >= 11 is 0. The number of hydrogen-bond acceptors (Lipinski definition) is 4. The number of benzene rings is 2. The van der Waals surface area contributed by atoms with Crippen molar-refractivity contribution in [1.29, 1.82) is 0 Å². The van der Waals surface area contributed by atoms with Crippen LogP contribution < -0.4 is 10.6 Å². The van der Waals surface area contributed by atoms with E-state index in [4.69, 9.17) is 5.11 Å². The number of hydrogen-bond donors (Lipinski definition) is 3. The van der Waals surface area contributed by atoms with E-state index in [1.165, 1.54) is 64.5 Å². The third-order valence-electron chi connectivity index (χ3n) is 5.84. The number of likely N-dealkylation sites (N-methyl/N-ethyl adjacent to an activating group) is 1. The van der Waals surface area contributed by atoms with E-state index >= 15 is 0 Å². The van der Waals surface area contributed by atoms with Crippen molar-refractivity contribution in [3.05, 3.63) is 77.4 Å². The van der Waals surface area contributed by atoms with Crippen molar-refractivity contribution in [2.24, 2.45) is 0 Å². The largest absolute Gasteiger partial charge is 0.400 e. The fourth-order valence-corrected chi connectivity index (χ4v) is 3.69. The molecule has 5 heteroatoms. The van der Waals surface area contributed by atoms with Crippen LogP contribution in [0.1, 0.15) is 81.0 Å². The molecular weight excluding hydrogens is 448 g/mol. The van der Waals surface area contributed by atoms with Crippen LogP contribution in [0.4, 0.5) is 0 Å². The van der Waals surface area contributed by atoms with Gasteiger partial charge in [0.15, 0.2) is 11.8 Å². The summed E-state index contributed by atoms with van der Waals surface area (Å²) in [4.78, 5) is 23.6. The molecule has 0 aliphatic carbocycles. The van der Waals surface area contributed by atoms with Gasteiger partial charge in [-0.15, -0.1) is 0 Å². The number of ketones is 1. The molecule has 1 amide bonds. The second-order valence-corrected chi connectivity index (χ2v) is 8.68. The average molecular weight is 491 g/mol. The van der Waals surface area contributed by atoms with E-state index in [2.05, 4.69) is 60.2 Å². The SMILES string of the molecule is C=C(NC(C(C)=O)C(=O)NC)c1ccc(C#Cc2ccc(CCCCCCCCC)cc2)cc1.CO. The van der Waals surface area contributed by atoms with Gasteiger partial charge in [0.1, 0.15) is 0 Å². The highest BCUT2D eigenvalue weighted by molar-refractivity contribution is 6.05. The topological polar surface area (TPSA) is 78.4 Å². The lowest BCUT2D eigenvalue weighted by Crippen LogP contribution is -2.46. The molecule has 5 nitrogen and oxygen atoms in total. The van der Waals surface area contributed by atoms with Gasteiger partial charge in [-0.1, -0.05) is 88.1 Å². The van der Waals surface area contributed by atoms with Gasteiger partial charge >= 0.3 is 0 Å². The van der Waals surface area contributed by atoms with Crippen molar-refractivity contribution in [3.63, 3.8) is 0 Å². The molecule has 2 aromatic carbocycles. The Labute approximate surface area is 217 Å². The van der Waals surface area contributed by atoms with Gasteiger partial charge in [-0.3, -0.25) is 9.59 Å². The molecule has 0 heterocycles. The maximum absolute atomic E-state index is 11.9. The average Bonchev–Trinajstić information content (AvgIpc) is 2.91. The van der Waals surface area contributed by atoms with Crippen LogP contribution in [0.3, 0.4) is 0 Å². The first-order valence-electron chi connectivity index (χ1n) is 12.8. The van der Waals surface area contributed by atoms with Gasteiger partial charge < -0.3 is 15.7 Å². The molecule has 1 unspecified atom stereocenters. The van der Waals surface area contributed by atoms with Crippen molar-refractivity contribution in [1.82, 2.24) is 10.6 Å². The van der Waals surface area contributed by atoms with Crippen molar-refractivity contribution in [2.45, 2.75) is 71.3 Å². The number of unbranched alkanes of at least 4 members (excludes halogenated alkanes) is 6. The number of rotatable bonds is 13. The Bertz CT molecular complexity index is 999. The minimum absolute atomic E-state index is 0.267. The number of nitrogens with one attached hydrogen (secondary N) is 2. The molecule has 0 aliphatic heterocycles. The van der Waals surface area contributed by atoms with Crippen LogP contribution >= 0.6 is 0 Å². The molecule has 3 N–H and O–H groups in total. The van der Waals surface area contributed by atoms with Crippen LogP contribution in [0, 0.1) is 11.8 Å². The smallest absolute Gasteiger partial charge is 0.249 e. The standard InChI is InChI=1S/C30H38N2O2.CH4O/c1-5-6-7-8-9-10-11-12-25-13-15-26(16-14-25)17-18-27-19-21-28(22-20-27)23(2)32-29(24(3)33)30(34)31-4;1-2/h13-16,19-22,29,32H,2,5-12H2,1,3-4H3,(H,31,34);2H,1H3. The zero-order valence-corrected chi connectivity index (χ0v) is 22.3. The fourth-order valence-electron chi connectivity index (χ4n) is 3.69.